The third-order valence-electron chi connectivity index (χ3n) is 2.27. The molecule has 0 saturated carbocycles. The first-order valence-electron chi connectivity index (χ1n) is 4.80. The third-order valence-corrected chi connectivity index (χ3v) is 3.05. The van der Waals surface area contributed by atoms with Gasteiger partial charge in [0.2, 0.25) is 5.28 Å². The van der Waals surface area contributed by atoms with Crippen LogP contribution in [0.5, 0.6) is 0 Å². The number of hydrogen-bond donors (Lipinski definition) is 0. The van der Waals surface area contributed by atoms with E-state index in [0.29, 0.717) is 0 Å². The van der Waals surface area contributed by atoms with E-state index in [-0.39, 0.29) is 5.28 Å². The number of benzene rings is 1. The zero-order valence-electron chi connectivity index (χ0n) is 9.25. The third kappa shape index (κ3) is 1.99. The summed E-state index contributed by atoms with van der Waals surface area (Å²) >= 11 is 9.41. The van der Waals surface area contributed by atoms with Crippen LogP contribution in [-0.2, 0) is 0 Å². The molecule has 1 aromatic heterocycles. The molecule has 1 aromatic carbocycles. The highest BCUT2D eigenvalue weighted by molar-refractivity contribution is 9.10. The van der Waals surface area contributed by atoms with Gasteiger partial charge in [0.15, 0.2) is 0 Å². The van der Waals surface area contributed by atoms with Crippen LogP contribution in [0.25, 0.3) is 10.9 Å². The molecule has 0 aliphatic rings. The van der Waals surface area contributed by atoms with Crippen molar-refractivity contribution in [3.63, 3.8) is 0 Å². The minimum Gasteiger partial charge on any atom is -0.362 e. The second-order valence-electron chi connectivity index (χ2n) is 3.85. The number of anilines is 1. The Morgan fingerprint density at radius 1 is 1.25 bits per heavy atom. The topological polar surface area (TPSA) is 29.0 Å². The van der Waals surface area contributed by atoms with Gasteiger partial charge in [-0.05, 0) is 52.2 Å². The number of aromatic nitrogens is 2. The van der Waals surface area contributed by atoms with E-state index in [1.807, 2.05) is 32.0 Å². The van der Waals surface area contributed by atoms with E-state index in [4.69, 9.17) is 11.6 Å². The maximum atomic E-state index is 5.91. The highest BCUT2D eigenvalue weighted by Gasteiger charge is 2.11. The Balaban J connectivity index is 2.89. The van der Waals surface area contributed by atoms with E-state index in [1.165, 1.54) is 0 Å². The molecule has 0 N–H and O–H groups in total. The fraction of sp³-hybridized carbons (Fsp3) is 0.273. The minimum atomic E-state index is 0.265. The molecule has 0 unspecified atom stereocenters. The molecule has 3 nitrogen and oxygen atoms in total. The van der Waals surface area contributed by atoms with Gasteiger partial charge in [-0.1, -0.05) is 0 Å². The van der Waals surface area contributed by atoms with Gasteiger partial charge < -0.3 is 4.90 Å². The SMILES string of the molecule is Cc1cc(Br)c2nc(Cl)nc(N(C)C)c2c1. The number of aryl methyl sites for hydroxylation is 1. The summed E-state index contributed by atoms with van der Waals surface area (Å²) in [6.45, 7) is 2.04. The van der Waals surface area contributed by atoms with Gasteiger partial charge in [-0.15, -0.1) is 0 Å². The van der Waals surface area contributed by atoms with Crippen LogP contribution in [0.3, 0.4) is 0 Å². The summed E-state index contributed by atoms with van der Waals surface area (Å²) in [5.41, 5.74) is 2.00. The molecule has 2 aromatic rings. The van der Waals surface area contributed by atoms with Gasteiger partial charge in [-0.25, -0.2) is 4.98 Å². The van der Waals surface area contributed by atoms with Gasteiger partial charge in [-0.3, -0.25) is 0 Å². The monoisotopic (exact) mass is 299 g/mol. The fourth-order valence-electron chi connectivity index (χ4n) is 1.62. The normalized spacial score (nSPS) is 10.8. The lowest BCUT2D eigenvalue weighted by molar-refractivity contribution is 1.06. The number of hydrogen-bond acceptors (Lipinski definition) is 3. The molecule has 0 radical (unpaired) electrons. The van der Waals surface area contributed by atoms with Crippen molar-refractivity contribution in [1.82, 2.24) is 9.97 Å². The van der Waals surface area contributed by atoms with Crippen LogP contribution >= 0.6 is 27.5 Å². The fourth-order valence-corrected chi connectivity index (χ4v) is 2.45. The Morgan fingerprint density at radius 2 is 1.94 bits per heavy atom. The van der Waals surface area contributed by atoms with Crippen LogP contribution in [0, 0.1) is 6.92 Å². The molecule has 0 fully saturated rings. The predicted molar refractivity (Wildman–Crippen MR) is 71.3 cm³/mol. The van der Waals surface area contributed by atoms with Gasteiger partial charge in [0.05, 0.1) is 5.52 Å². The molecule has 5 heteroatoms. The standard InChI is InChI=1S/C11H11BrClN3/c1-6-4-7-9(8(12)5-6)14-11(13)15-10(7)16(2)3/h4-5H,1-3H3. The second-order valence-corrected chi connectivity index (χ2v) is 5.05. The average Bonchev–Trinajstić information content (AvgIpc) is 2.18. The summed E-state index contributed by atoms with van der Waals surface area (Å²) in [5, 5.41) is 1.27. The number of halogens is 2. The molecule has 0 saturated heterocycles. The lowest BCUT2D eigenvalue weighted by Gasteiger charge is -2.15. The molecule has 2 rings (SSSR count). The lowest BCUT2D eigenvalue weighted by Crippen LogP contribution is -2.12. The first-order chi connectivity index (χ1) is 7.49. The lowest BCUT2D eigenvalue weighted by atomic mass is 10.1. The number of nitrogens with zero attached hydrogens (tertiary/aromatic N) is 3. The van der Waals surface area contributed by atoms with Crippen molar-refractivity contribution in [3.05, 3.63) is 27.5 Å². The first kappa shape index (κ1) is 11.6. The van der Waals surface area contributed by atoms with Crippen LogP contribution in [-0.4, -0.2) is 24.1 Å². The van der Waals surface area contributed by atoms with Crippen molar-refractivity contribution < 1.29 is 0 Å². The minimum absolute atomic E-state index is 0.265. The summed E-state index contributed by atoms with van der Waals surface area (Å²) in [4.78, 5) is 10.4. The molecule has 0 spiro atoms. The zero-order valence-corrected chi connectivity index (χ0v) is 11.6. The van der Waals surface area contributed by atoms with E-state index >= 15 is 0 Å². The summed E-state index contributed by atoms with van der Waals surface area (Å²) < 4.78 is 0.940. The van der Waals surface area contributed by atoms with E-state index in [0.717, 1.165) is 26.8 Å². The quantitative estimate of drug-likeness (QED) is 0.756. The van der Waals surface area contributed by atoms with Crippen molar-refractivity contribution in [2.24, 2.45) is 0 Å². The highest BCUT2D eigenvalue weighted by atomic mass is 79.9. The molecular weight excluding hydrogens is 289 g/mol. The average molecular weight is 301 g/mol. The highest BCUT2D eigenvalue weighted by Crippen LogP contribution is 2.30. The smallest absolute Gasteiger partial charge is 0.224 e. The Hall–Kier alpha value is -0.870. The van der Waals surface area contributed by atoms with E-state index in [2.05, 4.69) is 32.0 Å². The van der Waals surface area contributed by atoms with Gasteiger partial charge in [0.1, 0.15) is 5.82 Å². The van der Waals surface area contributed by atoms with Crippen LogP contribution in [0.2, 0.25) is 5.28 Å². The van der Waals surface area contributed by atoms with Gasteiger partial charge in [-0.2, -0.15) is 4.98 Å². The molecular formula is C11H11BrClN3. The van der Waals surface area contributed by atoms with Crippen LogP contribution in [0.1, 0.15) is 5.56 Å². The molecule has 0 aliphatic heterocycles. The molecule has 1 heterocycles. The van der Waals surface area contributed by atoms with Crippen molar-refractivity contribution >= 4 is 44.3 Å². The van der Waals surface area contributed by atoms with E-state index in [1.54, 1.807) is 0 Å². The Labute approximate surface area is 108 Å². The zero-order chi connectivity index (χ0) is 11.9. The van der Waals surface area contributed by atoms with Crippen LogP contribution in [0.15, 0.2) is 16.6 Å². The molecule has 0 aliphatic carbocycles. The summed E-state index contributed by atoms with van der Waals surface area (Å²) in [7, 11) is 3.88. The predicted octanol–water partition coefficient (Wildman–Crippen LogP) is 3.42. The Morgan fingerprint density at radius 3 is 2.56 bits per heavy atom. The van der Waals surface area contributed by atoms with Crippen molar-refractivity contribution in [3.8, 4) is 0 Å². The maximum Gasteiger partial charge on any atom is 0.224 e. The van der Waals surface area contributed by atoms with E-state index in [9.17, 15) is 0 Å². The number of fused-ring (bicyclic) bond motifs is 1. The Kier molecular flexibility index (Phi) is 3.04. The first-order valence-corrected chi connectivity index (χ1v) is 5.97. The van der Waals surface area contributed by atoms with Crippen LogP contribution < -0.4 is 4.90 Å². The summed E-state index contributed by atoms with van der Waals surface area (Å²) in [6, 6.07) is 4.08. The van der Waals surface area contributed by atoms with Crippen molar-refractivity contribution in [1.29, 1.82) is 0 Å². The molecule has 84 valence electrons. The van der Waals surface area contributed by atoms with Gasteiger partial charge >= 0.3 is 0 Å². The van der Waals surface area contributed by atoms with Crippen molar-refractivity contribution in [2.75, 3.05) is 19.0 Å². The molecule has 0 amide bonds. The largest absolute Gasteiger partial charge is 0.362 e. The van der Waals surface area contributed by atoms with Crippen LogP contribution in [0.4, 0.5) is 5.82 Å². The molecule has 0 atom stereocenters. The Bertz CT molecular complexity index is 554. The maximum absolute atomic E-state index is 5.91. The summed E-state index contributed by atoms with van der Waals surface area (Å²) in [5.74, 6) is 0.833. The molecule has 16 heavy (non-hydrogen) atoms. The number of rotatable bonds is 1. The molecule has 0 bridgehead atoms. The van der Waals surface area contributed by atoms with Gasteiger partial charge in [0, 0.05) is 24.0 Å². The van der Waals surface area contributed by atoms with E-state index < -0.39 is 0 Å². The summed E-state index contributed by atoms with van der Waals surface area (Å²) in [6.07, 6.45) is 0. The second kappa shape index (κ2) is 4.18. The van der Waals surface area contributed by atoms with Gasteiger partial charge in [0.25, 0.3) is 0 Å². The van der Waals surface area contributed by atoms with Crippen molar-refractivity contribution in [2.45, 2.75) is 6.92 Å².